The zero-order valence-corrected chi connectivity index (χ0v) is 11.8. The summed E-state index contributed by atoms with van der Waals surface area (Å²) in [5.74, 6) is 0.0219. The van der Waals surface area contributed by atoms with Crippen molar-refractivity contribution in [3.63, 3.8) is 0 Å². The number of carboxylic acids is 1. The number of aryl methyl sites for hydroxylation is 1. The Balaban J connectivity index is 2.53. The molecule has 0 saturated carbocycles. The second kappa shape index (κ2) is 6.05. The molecule has 1 aromatic heterocycles. The van der Waals surface area contributed by atoms with Crippen LogP contribution < -0.4 is 0 Å². The molecule has 0 aliphatic carbocycles. The predicted molar refractivity (Wildman–Crippen MR) is 77.1 cm³/mol. The molecule has 1 unspecified atom stereocenters. The number of aliphatic hydroxyl groups excluding tert-OH is 1. The predicted octanol–water partition coefficient (Wildman–Crippen LogP) is 2.63. The van der Waals surface area contributed by atoms with Crippen molar-refractivity contribution in [3.8, 4) is 0 Å². The minimum absolute atomic E-state index is 0.165. The van der Waals surface area contributed by atoms with Crippen LogP contribution in [0.1, 0.15) is 48.9 Å². The van der Waals surface area contributed by atoms with E-state index in [-0.39, 0.29) is 18.2 Å². The number of aromatic nitrogens is 2. The van der Waals surface area contributed by atoms with Crippen molar-refractivity contribution in [2.24, 2.45) is 0 Å². The lowest BCUT2D eigenvalue weighted by Gasteiger charge is -2.17. The molecule has 0 saturated heterocycles. The highest BCUT2D eigenvalue weighted by Crippen LogP contribution is 2.25. The number of imidazole rings is 1. The van der Waals surface area contributed by atoms with Crippen LogP contribution in [0.3, 0.4) is 0 Å². The highest BCUT2D eigenvalue weighted by atomic mass is 16.4. The Hall–Kier alpha value is -1.88. The molecule has 0 amide bonds. The molecule has 1 atom stereocenters. The van der Waals surface area contributed by atoms with Gasteiger partial charge in [0.2, 0.25) is 0 Å². The third-order valence-electron chi connectivity index (χ3n) is 3.55. The summed E-state index contributed by atoms with van der Waals surface area (Å²) < 4.78 is 2.09. The zero-order chi connectivity index (χ0) is 14.7. The van der Waals surface area contributed by atoms with Gasteiger partial charge in [0.25, 0.3) is 0 Å². The van der Waals surface area contributed by atoms with Gasteiger partial charge in [-0.1, -0.05) is 6.92 Å². The molecule has 5 heteroatoms. The minimum Gasteiger partial charge on any atom is -0.478 e. The second-order valence-corrected chi connectivity index (χ2v) is 4.98. The molecule has 0 fully saturated rings. The Labute approximate surface area is 117 Å². The van der Waals surface area contributed by atoms with E-state index in [9.17, 15) is 4.79 Å². The Bertz CT molecular complexity index is 619. The van der Waals surface area contributed by atoms with Crippen LogP contribution >= 0.6 is 0 Å². The summed E-state index contributed by atoms with van der Waals surface area (Å²) in [6, 6.07) is 5.21. The molecule has 0 aliphatic rings. The first kappa shape index (κ1) is 14.5. The average Bonchev–Trinajstić information content (AvgIpc) is 2.82. The minimum atomic E-state index is -0.930. The summed E-state index contributed by atoms with van der Waals surface area (Å²) >= 11 is 0. The van der Waals surface area contributed by atoms with E-state index in [1.165, 1.54) is 0 Å². The summed E-state index contributed by atoms with van der Waals surface area (Å²) in [6.07, 6.45) is 2.36. The largest absolute Gasteiger partial charge is 0.478 e. The summed E-state index contributed by atoms with van der Waals surface area (Å²) in [4.78, 5) is 15.7. The number of hydrogen-bond donors (Lipinski definition) is 2. The maximum Gasteiger partial charge on any atom is 0.335 e. The molecule has 20 heavy (non-hydrogen) atoms. The van der Waals surface area contributed by atoms with Crippen LogP contribution in [-0.4, -0.2) is 32.3 Å². The van der Waals surface area contributed by atoms with Crippen LogP contribution in [0.2, 0.25) is 0 Å². The number of carbonyl (C=O) groups is 1. The van der Waals surface area contributed by atoms with Crippen molar-refractivity contribution in [3.05, 3.63) is 29.6 Å². The van der Waals surface area contributed by atoms with E-state index in [0.717, 1.165) is 36.1 Å². The van der Waals surface area contributed by atoms with Gasteiger partial charge in [0, 0.05) is 19.1 Å². The fourth-order valence-electron chi connectivity index (χ4n) is 2.53. The van der Waals surface area contributed by atoms with Gasteiger partial charge in [-0.2, -0.15) is 0 Å². The van der Waals surface area contributed by atoms with E-state index in [4.69, 9.17) is 10.2 Å². The van der Waals surface area contributed by atoms with Crippen molar-refractivity contribution >= 4 is 17.0 Å². The number of benzene rings is 1. The maximum atomic E-state index is 11.1. The van der Waals surface area contributed by atoms with Gasteiger partial charge in [-0.05, 0) is 38.0 Å². The van der Waals surface area contributed by atoms with Crippen LogP contribution in [0.5, 0.6) is 0 Å². The number of nitrogens with zero attached hydrogens (tertiary/aromatic N) is 2. The Morgan fingerprint density at radius 3 is 2.80 bits per heavy atom. The Kier molecular flexibility index (Phi) is 4.39. The summed E-state index contributed by atoms with van der Waals surface area (Å²) in [6.45, 7) is 4.27. The average molecular weight is 276 g/mol. The Morgan fingerprint density at radius 1 is 1.45 bits per heavy atom. The molecule has 5 nitrogen and oxygen atoms in total. The van der Waals surface area contributed by atoms with Gasteiger partial charge in [-0.25, -0.2) is 9.78 Å². The molecular formula is C15H20N2O3. The van der Waals surface area contributed by atoms with Gasteiger partial charge >= 0.3 is 5.97 Å². The monoisotopic (exact) mass is 276 g/mol. The van der Waals surface area contributed by atoms with Gasteiger partial charge in [0.15, 0.2) is 0 Å². The fourth-order valence-corrected chi connectivity index (χ4v) is 2.53. The summed E-state index contributed by atoms with van der Waals surface area (Å²) in [5.41, 5.74) is 1.95. The van der Waals surface area contributed by atoms with Crippen molar-refractivity contribution in [1.82, 2.24) is 9.55 Å². The first-order valence-corrected chi connectivity index (χ1v) is 6.93. The number of aromatic carboxylic acids is 1. The third-order valence-corrected chi connectivity index (χ3v) is 3.55. The Morgan fingerprint density at radius 2 is 2.20 bits per heavy atom. The van der Waals surface area contributed by atoms with Crippen molar-refractivity contribution in [1.29, 1.82) is 0 Å². The molecule has 0 aliphatic heterocycles. The normalized spacial score (nSPS) is 12.8. The lowest BCUT2D eigenvalue weighted by Crippen LogP contribution is -2.10. The van der Waals surface area contributed by atoms with Crippen LogP contribution in [0.15, 0.2) is 18.2 Å². The standard InChI is InChI=1S/C15H20N2O3/c1-3-14-16-12-7-6-11(15(19)20)9-13(12)17(14)10(2)5-4-8-18/h6-7,9-10,18H,3-5,8H2,1-2H3,(H,19,20). The van der Waals surface area contributed by atoms with Crippen molar-refractivity contribution in [2.75, 3.05) is 6.61 Å². The number of hydrogen-bond acceptors (Lipinski definition) is 3. The number of carboxylic acid groups (broad SMARTS) is 1. The highest BCUT2D eigenvalue weighted by Gasteiger charge is 2.16. The van der Waals surface area contributed by atoms with Crippen LogP contribution in [-0.2, 0) is 6.42 Å². The molecule has 0 bridgehead atoms. The lowest BCUT2D eigenvalue weighted by atomic mass is 10.1. The van der Waals surface area contributed by atoms with E-state index in [0.29, 0.717) is 0 Å². The van der Waals surface area contributed by atoms with E-state index >= 15 is 0 Å². The molecular weight excluding hydrogens is 256 g/mol. The van der Waals surface area contributed by atoms with E-state index in [1.54, 1.807) is 18.2 Å². The van der Waals surface area contributed by atoms with E-state index in [2.05, 4.69) is 16.5 Å². The van der Waals surface area contributed by atoms with Gasteiger partial charge in [-0.15, -0.1) is 0 Å². The van der Waals surface area contributed by atoms with Crippen molar-refractivity contribution in [2.45, 2.75) is 39.2 Å². The number of fused-ring (bicyclic) bond motifs is 1. The SMILES string of the molecule is CCc1nc2ccc(C(=O)O)cc2n1C(C)CCCO. The first-order chi connectivity index (χ1) is 9.58. The first-order valence-electron chi connectivity index (χ1n) is 6.93. The molecule has 0 spiro atoms. The van der Waals surface area contributed by atoms with Gasteiger partial charge in [0.05, 0.1) is 16.6 Å². The van der Waals surface area contributed by atoms with Crippen LogP contribution in [0, 0.1) is 0 Å². The maximum absolute atomic E-state index is 11.1. The molecule has 1 heterocycles. The molecule has 108 valence electrons. The second-order valence-electron chi connectivity index (χ2n) is 4.98. The van der Waals surface area contributed by atoms with Gasteiger partial charge < -0.3 is 14.8 Å². The molecule has 2 rings (SSSR count). The quantitative estimate of drug-likeness (QED) is 0.850. The lowest BCUT2D eigenvalue weighted by molar-refractivity contribution is 0.0697. The molecule has 2 aromatic rings. The third kappa shape index (κ3) is 2.67. The molecule has 0 radical (unpaired) electrons. The van der Waals surface area contributed by atoms with E-state index < -0.39 is 5.97 Å². The summed E-state index contributed by atoms with van der Waals surface area (Å²) in [7, 11) is 0. The van der Waals surface area contributed by atoms with Gasteiger partial charge in [-0.3, -0.25) is 0 Å². The van der Waals surface area contributed by atoms with Crippen LogP contribution in [0.25, 0.3) is 11.0 Å². The zero-order valence-electron chi connectivity index (χ0n) is 11.8. The highest BCUT2D eigenvalue weighted by molar-refractivity contribution is 5.92. The topological polar surface area (TPSA) is 75.3 Å². The van der Waals surface area contributed by atoms with Crippen LogP contribution in [0.4, 0.5) is 0 Å². The van der Waals surface area contributed by atoms with Crippen molar-refractivity contribution < 1.29 is 15.0 Å². The molecule has 2 N–H and O–H groups in total. The van der Waals surface area contributed by atoms with E-state index in [1.807, 2.05) is 6.92 Å². The summed E-state index contributed by atoms with van der Waals surface area (Å²) in [5, 5.41) is 18.1. The smallest absolute Gasteiger partial charge is 0.335 e. The van der Waals surface area contributed by atoms with Gasteiger partial charge in [0.1, 0.15) is 5.82 Å². The number of aliphatic hydroxyl groups is 1. The fraction of sp³-hybridized carbons (Fsp3) is 0.467. The molecule has 1 aromatic carbocycles. The number of rotatable bonds is 6.